The van der Waals surface area contributed by atoms with Crippen molar-refractivity contribution in [1.82, 2.24) is 20.0 Å². The predicted molar refractivity (Wildman–Crippen MR) is 158 cm³/mol. The van der Waals surface area contributed by atoms with E-state index in [0.29, 0.717) is 27.2 Å². The fraction of sp³-hybridized carbons (Fsp3) is 0.0714. The van der Waals surface area contributed by atoms with Crippen LogP contribution in [-0.2, 0) is 11.1 Å². The van der Waals surface area contributed by atoms with Gasteiger partial charge in [-0.25, -0.2) is 14.2 Å². The van der Waals surface area contributed by atoms with Crippen molar-refractivity contribution in [2.45, 2.75) is 12.3 Å². The lowest BCUT2D eigenvalue weighted by atomic mass is 10.2. The van der Waals surface area contributed by atoms with Gasteiger partial charge < -0.3 is 14.4 Å². The number of benzene rings is 3. The highest BCUT2D eigenvalue weighted by Gasteiger charge is 2.42. The molecule has 206 valence electrons. The van der Waals surface area contributed by atoms with Crippen molar-refractivity contribution in [3.05, 3.63) is 129 Å². The molecule has 2 heterocycles. The predicted octanol–water partition coefficient (Wildman–Crippen LogP) is 8.02. The fourth-order valence-electron chi connectivity index (χ4n) is 3.85. The Labute approximate surface area is 250 Å². The highest BCUT2D eigenvalue weighted by atomic mass is 35.5. The molecule has 5 aromatic rings. The van der Waals surface area contributed by atoms with Gasteiger partial charge in [0.15, 0.2) is 11.6 Å². The third-order valence-corrected chi connectivity index (χ3v) is 8.72. The molecule has 0 fully saturated rings. The Hall–Kier alpha value is -4.06. The molecule has 0 saturated carbocycles. The largest absolute Gasteiger partial charge is 0.457 e. The Morgan fingerprint density at radius 1 is 0.902 bits per heavy atom. The Bertz CT molecular complexity index is 1690. The lowest BCUT2D eigenvalue weighted by Gasteiger charge is -2.29. The third kappa shape index (κ3) is 6.82. The van der Waals surface area contributed by atoms with Crippen molar-refractivity contribution in [2.75, 3.05) is 5.32 Å². The summed E-state index contributed by atoms with van der Waals surface area (Å²) in [6.07, 6.45) is 1.58. The number of anilines is 1. The molecule has 5 rings (SSSR count). The van der Waals surface area contributed by atoms with Gasteiger partial charge in [-0.3, -0.25) is 0 Å². The van der Waals surface area contributed by atoms with Gasteiger partial charge in [-0.15, -0.1) is 5.10 Å². The van der Waals surface area contributed by atoms with Crippen LogP contribution in [0.4, 0.5) is 5.82 Å². The van der Waals surface area contributed by atoms with Crippen LogP contribution < -0.4 is 14.4 Å². The summed E-state index contributed by atoms with van der Waals surface area (Å²) in [5.41, 5.74) is 1.12. The second-order valence-corrected chi connectivity index (χ2v) is 11.8. The van der Waals surface area contributed by atoms with Gasteiger partial charge in [0, 0.05) is 6.20 Å². The first-order valence-electron chi connectivity index (χ1n) is 12.1. The molecule has 1 N–H and O–H groups in total. The van der Waals surface area contributed by atoms with E-state index in [-0.39, 0.29) is 23.1 Å². The SMILES string of the molecule is N#Cc1nnn(Cc2ccc(Cl)nc2)c1NC(c1ccc(Cl)c(Cl)c1)P(=O)(Oc1ccccc1)Oc1ccccc1. The van der Waals surface area contributed by atoms with Crippen molar-refractivity contribution in [1.29, 1.82) is 5.26 Å². The minimum atomic E-state index is -4.23. The number of hydrogen-bond acceptors (Lipinski definition) is 8. The Morgan fingerprint density at radius 3 is 2.12 bits per heavy atom. The molecule has 2 aromatic heterocycles. The van der Waals surface area contributed by atoms with Gasteiger partial charge in [0.2, 0.25) is 5.69 Å². The summed E-state index contributed by atoms with van der Waals surface area (Å²) >= 11 is 18.5. The molecule has 41 heavy (non-hydrogen) atoms. The summed E-state index contributed by atoms with van der Waals surface area (Å²) in [7, 11) is -4.23. The van der Waals surface area contributed by atoms with Gasteiger partial charge in [0.05, 0.1) is 16.6 Å². The molecule has 13 heteroatoms. The molecule has 9 nitrogen and oxygen atoms in total. The van der Waals surface area contributed by atoms with Crippen LogP contribution in [0.1, 0.15) is 22.6 Å². The molecule has 0 radical (unpaired) electrons. The number of pyridine rings is 1. The van der Waals surface area contributed by atoms with E-state index >= 15 is 0 Å². The molecular formula is C28H20Cl3N6O3P. The summed E-state index contributed by atoms with van der Waals surface area (Å²) in [5.74, 6) is -0.423. The molecule has 0 spiro atoms. The van der Waals surface area contributed by atoms with Crippen molar-refractivity contribution in [3.8, 4) is 17.6 Å². The van der Waals surface area contributed by atoms with Crippen LogP contribution in [0.3, 0.4) is 0 Å². The van der Waals surface area contributed by atoms with Crippen molar-refractivity contribution in [3.63, 3.8) is 0 Å². The van der Waals surface area contributed by atoms with E-state index in [2.05, 4.69) is 20.6 Å². The summed E-state index contributed by atoms with van der Waals surface area (Å²) < 4.78 is 28.6. The maximum absolute atomic E-state index is 14.9. The van der Waals surface area contributed by atoms with Crippen LogP contribution in [0, 0.1) is 11.3 Å². The van der Waals surface area contributed by atoms with Crippen LogP contribution in [0.5, 0.6) is 11.5 Å². The number of para-hydroxylation sites is 2. The van der Waals surface area contributed by atoms with E-state index in [0.717, 1.165) is 5.56 Å². The topological polar surface area (TPSA) is 115 Å². The van der Waals surface area contributed by atoms with Gasteiger partial charge in [-0.2, -0.15) is 5.26 Å². The zero-order valence-electron chi connectivity index (χ0n) is 21.1. The Morgan fingerprint density at radius 2 is 1.56 bits per heavy atom. The normalized spacial score (nSPS) is 11.9. The highest BCUT2D eigenvalue weighted by molar-refractivity contribution is 7.55. The molecule has 1 unspecified atom stereocenters. The summed E-state index contributed by atoms with van der Waals surface area (Å²) in [6, 6.07) is 27.4. The quantitative estimate of drug-likeness (QED) is 0.123. The van der Waals surface area contributed by atoms with Crippen molar-refractivity contribution in [2.24, 2.45) is 0 Å². The average molecular weight is 626 g/mol. The monoisotopic (exact) mass is 624 g/mol. The molecule has 0 aliphatic carbocycles. The first-order chi connectivity index (χ1) is 19.8. The number of nitrogens with zero attached hydrogens (tertiary/aromatic N) is 5. The van der Waals surface area contributed by atoms with Crippen molar-refractivity contribution >= 4 is 48.2 Å². The zero-order valence-corrected chi connectivity index (χ0v) is 24.2. The van der Waals surface area contributed by atoms with Crippen LogP contribution in [-0.4, -0.2) is 20.0 Å². The Kier molecular flexibility index (Phi) is 8.77. The third-order valence-electron chi connectivity index (χ3n) is 5.76. The average Bonchev–Trinajstić information content (AvgIpc) is 3.36. The molecule has 0 aliphatic rings. The number of aromatic nitrogens is 4. The van der Waals surface area contributed by atoms with Gasteiger partial charge in [-0.05, 0) is 53.6 Å². The number of halogens is 3. The highest BCUT2D eigenvalue weighted by Crippen LogP contribution is 2.60. The molecular weight excluding hydrogens is 606 g/mol. The van der Waals surface area contributed by atoms with Gasteiger partial charge in [0.1, 0.15) is 22.7 Å². The molecule has 0 bridgehead atoms. The van der Waals surface area contributed by atoms with Gasteiger partial charge in [0.25, 0.3) is 0 Å². The minimum Gasteiger partial charge on any atom is -0.414 e. The zero-order chi connectivity index (χ0) is 28.8. The van der Waals surface area contributed by atoms with Crippen molar-refractivity contribution < 1.29 is 13.6 Å². The number of nitriles is 1. The maximum Gasteiger partial charge on any atom is 0.457 e. The smallest absolute Gasteiger partial charge is 0.414 e. The summed E-state index contributed by atoms with van der Waals surface area (Å²) in [6.45, 7) is 0.179. The summed E-state index contributed by atoms with van der Waals surface area (Å²) in [5, 5.41) is 22.0. The lowest BCUT2D eigenvalue weighted by Crippen LogP contribution is -2.21. The summed E-state index contributed by atoms with van der Waals surface area (Å²) in [4.78, 5) is 4.10. The Balaban J connectivity index is 1.63. The minimum absolute atomic E-state index is 0.0389. The van der Waals surface area contributed by atoms with Gasteiger partial charge in [-0.1, -0.05) is 88.5 Å². The van der Waals surface area contributed by atoms with E-state index in [9.17, 15) is 9.83 Å². The molecule has 0 aliphatic heterocycles. The van der Waals surface area contributed by atoms with E-state index in [1.165, 1.54) is 4.68 Å². The van der Waals surface area contributed by atoms with E-state index < -0.39 is 13.4 Å². The first-order valence-corrected chi connectivity index (χ1v) is 14.8. The standard InChI is InChI=1S/C28H20Cl3N6O3P/c29-23-13-12-20(15-24(23)30)28(34-27-25(16-32)35-36-37(27)18-19-11-14-26(31)33-17-19)41(38,39-21-7-3-1-4-8-21)40-22-9-5-2-6-10-22/h1-15,17,28,34H,18H2. The second-order valence-electron chi connectivity index (χ2n) is 8.61. The van der Waals surface area contributed by atoms with E-state index in [1.54, 1.807) is 97.2 Å². The van der Waals surface area contributed by atoms with Crippen LogP contribution in [0.25, 0.3) is 0 Å². The van der Waals surface area contributed by atoms with Crippen LogP contribution >= 0.6 is 42.4 Å². The second kappa shape index (κ2) is 12.6. The first kappa shape index (κ1) is 28.5. The molecule has 0 saturated heterocycles. The molecule has 0 amide bonds. The fourth-order valence-corrected chi connectivity index (χ4v) is 6.16. The van der Waals surface area contributed by atoms with E-state index in [4.69, 9.17) is 43.9 Å². The molecule has 3 aromatic carbocycles. The molecule has 1 atom stereocenters. The maximum atomic E-state index is 14.9. The lowest BCUT2D eigenvalue weighted by molar-refractivity contribution is 0.376. The van der Waals surface area contributed by atoms with E-state index in [1.807, 2.05) is 6.07 Å². The van der Waals surface area contributed by atoms with Crippen LogP contribution in [0.15, 0.2) is 97.2 Å². The van der Waals surface area contributed by atoms with Gasteiger partial charge >= 0.3 is 7.60 Å². The van der Waals surface area contributed by atoms with Crippen LogP contribution in [0.2, 0.25) is 15.2 Å². The number of hydrogen-bond donors (Lipinski definition) is 1. The number of nitrogens with one attached hydrogen (secondary N) is 1. The number of rotatable bonds is 10.